The summed E-state index contributed by atoms with van der Waals surface area (Å²) < 4.78 is 0. The number of hydrogen-bond acceptors (Lipinski definition) is 5. The second kappa shape index (κ2) is 8.63. The van der Waals surface area contributed by atoms with Gasteiger partial charge in [0.05, 0.1) is 18.4 Å². The van der Waals surface area contributed by atoms with Crippen molar-refractivity contribution in [2.45, 2.75) is 12.8 Å². The zero-order valence-electron chi connectivity index (χ0n) is 17.5. The monoisotopic (exact) mass is 425 g/mol. The van der Waals surface area contributed by atoms with E-state index < -0.39 is 0 Å². The number of amides is 2. The normalized spacial score (nSPS) is 14.9. The molecule has 2 aromatic carbocycles. The minimum absolute atomic E-state index is 0.0436. The molecule has 0 bridgehead atoms. The maximum atomic E-state index is 13.0. The van der Waals surface area contributed by atoms with Gasteiger partial charge in [-0.05, 0) is 48.7 Å². The molecule has 7 nitrogen and oxygen atoms in total. The lowest BCUT2D eigenvalue weighted by molar-refractivity contribution is -0.117. The van der Waals surface area contributed by atoms with Gasteiger partial charge >= 0.3 is 0 Å². The summed E-state index contributed by atoms with van der Waals surface area (Å²) in [6, 6.07) is 17.1. The number of aromatic nitrogens is 1. The van der Waals surface area contributed by atoms with E-state index >= 15 is 0 Å². The Kier molecular flexibility index (Phi) is 5.37. The van der Waals surface area contributed by atoms with Gasteiger partial charge in [-0.3, -0.25) is 19.6 Å². The summed E-state index contributed by atoms with van der Waals surface area (Å²) in [6.45, 7) is 1.16. The molecule has 2 amide bonds. The lowest BCUT2D eigenvalue weighted by atomic mass is 9.99. The van der Waals surface area contributed by atoms with Gasteiger partial charge in [0.25, 0.3) is 5.91 Å². The molecular formula is C25H23N5O2. The van der Waals surface area contributed by atoms with Crippen LogP contribution in [0.5, 0.6) is 0 Å². The number of carbonyl (C=O) groups is 2. The van der Waals surface area contributed by atoms with E-state index in [2.05, 4.69) is 25.9 Å². The lowest BCUT2D eigenvalue weighted by Gasteiger charge is -2.13. The number of carbonyl (C=O) groups excluding carboxylic acids is 2. The average Bonchev–Trinajstić information content (AvgIpc) is 3.67. The smallest absolute Gasteiger partial charge is 0.274 e. The number of para-hydroxylation sites is 1. The van der Waals surface area contributed by atoms with E-state index in [0.717, 1.165) is 40.9 Å². The Balaban J connectivity index is 1.44. The maximum Gasteiger partial charge on any atom is 0.274 e. The number of benzene rings is 2. The van der Waals surface area contributed by atoms with E-state index in [4.69, 9.17) is 0 Å². The van der Waals surface area contributed by atoms with E-state index in [-0.39, 0.29) is 17.7 Å². The van der Waals surface area contributed by atoms with Crippen LogP contribution in [0, 0.1) is 5.92 Å². The van der Waals surface area contributed by atoms with E-state index in [9.17, 15) is 9.59 Å². The van der Waals surface area contributed by atoms with Gasteiger partial charge in [-0.25, -0.2) is 0 Å². The molecule has 32 heavy (non-hydrogen) atoms. The predicted octanol–water partition coefficient (Wildman–Crippen LogP) is 3.95. The summed E-state index contributed by atoms with van der Waals surface area (Å²) in [4.78, 5) is 34.0. The topological polar surface area (TPSA) is 95.5 Å². The minimum Gasteiger partial charge on any atom is -0.383 e. The highest BCUT2D eigenvalue weighted by Gasteiger charge is 2.29. The summed E-state index contributed by atoms with van der Waals surface area (Å²) in [5, 5.41) is 9.21. The Morgan fingerprint density at radius 2 is 1.75 bits per heavy atom. The van der Waals surface area contributed by atoms with Crippen LogP contribution in [0.15, 0.2) is 72.0 Å². The molecule has 1 aliphatic carbocycles. The Labute approximate surface area is 186 Å². The van der Waals surface area contributed by atoms with Gasteiger partial charge < -0.3 is 16.0 Å². The summed E-state index contributed by atoms with van der Waals surface area (Å²) in [5.74, 6) is -0.0805. The fourth-order valence-corrected chi connectivity index (χ4v) is 3.68. The third kappa shape index (κ3) is 4.37. The van der Waals surface area contributed by atoms with Crippen LogP contribution in [-0.2, 0) is 9.59 Å². The van der Waals surface area contributed by atoms with Gasteiger partial charge in [0.15, 0.2) is 0 Å². The fraction of sp³-hybridized carbons (Fsp3) is 0.200. The first kappa shape index (κ1) is 19.9. The summed E-state index contributed by atoms with van der Waals surface area (Å²) in [6.07, 6.45) is 5.29. The molecule has 0 saturated heterocycles. The molecule has 0 spiro atoms. The van der Waals surface area contributed by atoms with Gasteiger partial charge in [0.2, 0.25) is 5.91 Å². The van der Waals surface area contributed by atoms with Crippen LogP contribution in [0.1, 0.15) is 18.4 Å². The molecule has 0 radical (unpaired) electrons. The number of nitrogens with one attached hydrogen (secondary N) is 3. The molecular weight excluding hydrogens is 402 g/mol. The number of nitrogens with zero attached hydrogens (tertiary/aromatic N) is 2. The maximum absolute atomic E-state index is 13.0. The Morgan fingerprint density at radius 3 is 2.56 bits per heavy atom. The molecule has 3 aromatic rings. The van der Waals surface area contributed by atoms with E-state index in [0.29, 0.717) is 24.5 Å². The van der Waals surface area contributed by atoms with Crippen LogP contribution in [0.3, 0.4) is 0 Å². The number of pyridine rings is 1. The molecule has 1 aliphatic heterocycles. The molecule has 7 heteroatoms. The number of benzodiazepines with no additional fused rings is 1. The first-order chi connectivity index (χ1) is 15.7. The first-order valence-electron chi connectivity index (χ1n) is 10.7. The van der Waals surface area contributed by atoms with Crippen molar-refractivity contribution in [3.05, 3.63) is 72.6 Å². The van der Waals surface area contributed by atoms with Crippen molar-refractivity contribution < 1.29 is 9.59 Å². The highest BCUT2D eigenvalue weighted by Crippen LogP contribution is 2.31. The number of anilines is 3. The molecule has 2 heterocycles. The minimum atomic E-state index is -0.248. The van der Waals surface area contributed by atoms with E-state index in [1.165, 1.54) is 0 Å². The highest BCUT2D eigenvalue weighted by molar-refractivity contribution is 6.50. The van der Waals surface area contributed by atoms with Crippen molar-refractivity contribution in [2.75, 3.05) is 29.0 Å². The number of hydrogen-bond donors (Lipinski definition) is 3. The second-order valence-corrected chi connectivity index (χ2v) is 7.96. The SMILES string of the molecule is O=C(Nc1ccccc1)C1=NCCNc2ccc(-c3cncc(NC(=O)C4CC4)c3)cc21. The van der Waals surface area contributed by atoms with Crippen LogP contribution in [0.25, 0.3) is 11.1 Å². The quantitative estimate of drug-likeness (QED) is 0.577. The van der Waals surface area contributed by atoms with Crippen LogP contribution >= 0.6 is 0 Å². The van der Waals surface area contributed by atoms with Gasteiger partial charge in [0, 0.05) is 41.2 Å². The van der Waals surface area contributed by atoms with Crippen LogP contribution < -0.4 is 16.0 Å². The number of fused-ring (bicyclic) bond motifs is 1. The summed E-state index contributed by atoms with van der Waals surface area (Å²) in [7, 11) is 0. The average molecular weight is 425 g/mol. The van der Waals surface area contributed by atoms with Gasteiger partial charge in [-0.2, -0.15) is 0 Å². The van der Waals surface area contributed by atoms with Crippen molar-refractivity contribution in [2.24, 2.45) is 10.9 Å². The first-order valence-corrected chi connectivity index (χ1v) is 10.7. The van der Waals surface area contributed by atoms with Crippen molar-refractivity contribution in [1.29, 1.82) is 0 Å². The highest BCUT2D eigenvalue weighted by atomic mass is 16.2. The summed E-state index contributed by atoms with van der Waals surface area (Å²) in [5.41, 5.74) is 5.12. The largest absolute Gasteiger partial charge is 0.383 e. The van der Waals surface area contributed by atoms with Crippen molar-refractivity contribution in [1.82, 2.24) is 4.98 Å². The van der Waals surface area contributed by atoms with Crippen LogP contribution in [-0.4, -0.2) is 35.6 Å². The third-order valence-corrected chi connectivity index (χ3v) is 5.51. The van der Waals surface area contributed by atoms with Gasteiger partial charge in [-0.15, -0.1) is 0 Å². The molecule has 2 aliphatic rings. The zero-order chi connectivity index (χ0) is 21.9. The van der Waals surface area contributed by atoms with Crippen molar-refractivity contribution >= 4 is 34.6 Å². The number of rotatable bonds is 5. The Bertz CT molecular complexity index is 1200. The number of aliphatic imine (C=N–C) groups is 1. The van der Waals surface area contributed by atoms with E-state index in [1.807, 2.05) is 54.6 Å². The van der Waals surface area contributed by atoms with Crippen molar-refractivity contribution in [3.8, 4) is 11.1 Å². The molecule has 1 aromatic heterocycles. The molecule has 0 atom stereocenters. The van der Waals surface area contributed by atoms with Crippen LogP contribution in [0.4, 0.5) is 17.1 Å². The molecule has 3 N–H and O–H groups in total. The standard InChI is InChI=1S/C25H23N5O2/c31-24(16-6-7-16)30-20-12-18(14-26-15-20)17-8-9-22-21(13-17)23(28-11-10-27-22)25(32)29-19-4-2-1-3-5-19/h1-5,8-9,12-16,27H,6-7,10-11H2,(H,29,32)(H,30,31). The Morgan fingerprint density at radius 1 is 0.906 bits per heavy atom. The van der Waals surface area contributed by atoms with E-state index in [1.54, 1.807) is 12.4 Å². The molecule has 5 rings (SSSR count). The van der Waals surface area contributed by atoms with Crippen LogP contribution in [0.2, 0.25) is 0 Å². The van der Waals surface area contributed by atoms with Gasteiger partial charge in [0.1, 0.15) is 5.71 Å². The summed E-state index contributed by atoms with van der Waals surface area (Å²) >= 11 is 0. The molecule has 1 saturated carbocycles. The van der Waals surface area contributed by atoms with Gasteiger partial charge in [-0.1, -0.05) is 24.3 Å². The predicted molar refractivity (Wildman–Crippen MR) is 126 cm³/mol. The molecule has 0 unspecified atom stereocenters. The lowest BCUT2D eigenvalue weighted by Crippen LogP contribution is -2.24. The molecule has 160 valence electrons. The Hall–Kier alpha value is -4.00. The third-order valence-electron chi connectivity index (χ3n) is 5.51. The second-order valence-electron chi connectivity index (χ2n) is 7.96. The van der Waals surface area contributed by atoms with Crippen molar-refractivity contribution in [3.63, 3.8) is 0 Å². The molecule has 1 fully saturated rings. The zero-order valence-corrected chi connectivity index (χ0v) is 17.5. The fourth-order valence-electron chi connectivity index (χ4n) is 3.68.